The molecule has 1 aromatic carbocycles. The minimum atomic E-state index is -0.827. The molecule has 2 heterocycles. The lowest BCUT2D eigenvalue weighted by Crippen LogP contribution is -2.11. The minimum absolute atomic E-state index is 0.175. The third kappa shape index (κ3) is 2.53. The SMILES string of the molecule is CC1=CC(O/C=C2\C(=O)OC3c4cc(N=[N+]=[N-])ccc4CC23)OC1=O. The summed E-state index contributed by atoms with van der Waals surface area (Å²) < 4.78 is 15.9. The molecule has 1 aromatic rings. The van der Waals surface area contributed by atoms with E-state index in [1.807, 2.05) is 6.07 Å². The maximum atomic E-state index is 12.2. The minimum Gasteiger partial charge on any atom is -0.458 e. The molecule has 0 N–H and O–H groups in total. The van der Waals surface area contributed by atoms with E-state index in [1.165, 1.54) is 6.26 Å². The molecule has 0 aromatic heterocycles. The molecule has 0 bridgehead atoms. The highest BCUT2D eigenvalue weighted by Gasteiger charge is 2.46. The molecule has 0 spiro atoms. The Morgan fingerprint density at radius 3 is 2.88 bits per heavy atom. The number of fused-ring (bicyclic) bond motifs is 3. The van der Waals surface area contributed by atoms with Gasteiger partial charge in [-0.2, -0.15) is 0 Å². The van der Waals surface area contributed by atoms with Gasteiger partial charge in [0.15, 0.2) is 0 Å². The number of ether oxygens (including phenoxy) is 3. The summed E-state index contributed by atoms with van der Waals surface area (Å²) >= 11 is 0. The fraction of sp³-hybridized carbons (Fsp3) is 0.294. The van der Waals surface area contributed by atoms with Gasteiger partial charge in [0.1, 0.15) is 6.10 Å². The fourth-order valence-electron chi connectivity index (χ4n) is 3.31. The van der Waals surface area contributed by atoms with Crippen molar-refractivity contribution in [1.82, 2.24) is 0 Å². The number of hydrogen-bond donors (Lipinski definition) is 0. The van der Waals surface area contributed by atoms with E-state index in [0.717, 1.165) is 11.1 Å². The topological polar surface area (TPSA) is 111 Å². The molecule has 8 heteroatoms. The monoisotopic (exact) mass is 339 g/mol. The van der Waals surface area contributed by atoms with Crippen LogP contribution in [0.15, 0.2) is 46.8 Å². The van der Waals surface area contributed by atoms with Gasteiger partial charge in [0.25, 0.3) is 6.29 Å². The van der Waals surface area contributed by atoms with Crippen LogP contribution in [-0.2, 0) is 30.2 Å². The van der Waals surface area contributed by atoms with Crippen molar-refractivity contribution in [2.75, 3.05) is 0 Å². The van der Waals surface area contributed by atoms with Gasteiger partial charge >= 0.3 is 11.9 Å². The van der Waals surface area contributed by atoms with Crippen LogP contribution in [0, 0.1) is 5.92 Å². The van der Waals surface area contributed by atoms with Crippen molar-refractivity contribution in [2.24, 2.45) is 11.0 Å². The standard InChI is InChI=1S/C17H13N3O5/c1-8-4-14(24-16(8)21)23-7-13-12-5-9-2-3-10(19-20-18)6-11(9)15(12)25-17(13)22/h2-4,6-7,12,14-15H,5H2,1H3/b13-7-. The van der Waals surface area contributed by atoms with Gasteiger partial charge in [0, 0.05) is 28.2 Å². The summed E-state index contributed by atoms with van der Waals surface area (Å²) in [5.74, 6) is -1.07. The first kappa shape index (κ1) is 15.3. The third-order valence-electron chi connectivity index (χ3n) is 4.53. The number of nitrogens with zero attached hydrogens (tertiary/aromatic N) is 3. The zero-order chi connectivity index (χ0) is 17.6. The predicted octanol–water partition coefficient (Wildman–Crippen LogP) is 3.13. The number of hydrogen-bond acceptors (Lipinski definition) is 6. The molecular weight excluding hydrogens is 326 g/mol. The zero-order valence-corrected chi connectivity index (χ0v) is 13.2. The molecule has 4 rings (SSSR count). The van der Waals surface area contributed by atoms with E-state index in [0.29, 0.717) is 23.3 Å². The van der Waals surface area contributed by atoms with Gasteiger partial charge in [-0.3, -0.25) is 0 Å². The second-order valence-corrected chi connectivity index (χ2v) is 6.04. The van der Waals surface area contributed by atoms with Crippen LogP contribution in [0.2, 0.25) is 0 Å². The van der Waals surface area contributed by atoms with Crippen LogP contribution in [0.25, 0.3) is 10.4 Å². The van der Waals surface area contributed by atoms with Crippen molar-refractivity contribution in [1.29, 1.82) is 0 Å². The van der Waals surface area contributed by atoms with Gasteiger partial charge in [0.2, 0.25) is 0 Å². The van der Waals surface area contributed by atoms with E-state index in [9.17, 15) is 9.59 Å². The number of azide groups is 1. The van der Waals surface area contributed by atoms with Crippen LogP contribution < -0.4 is 0 Å². The maximum absolute atomic E-state index is 12.2. The lowest BCUT2D eigenvalue weighted by atomic mass is 9.98. The maximum Gasteiger partial charge on any atom is 0.338 e. The molecule has 1 fully saturated rings. The Labute approximate surface area is 142 Å². The lowest BCUT2D eigenvalue weighted by Gasteiger charge is -2.09. The van der Waals surface area contributed by atoms with Crippen LogP contribution in [-0.4, -0.2) is 18.2 Å². The summed E-state index contributed by atoms with van der Waals surface area (Å²) in [6, 6.07) is 5.34. The number of carbonyl (C=O) groups excluding carboxylic acids is 2. The van der Waals surface area contributed by atoms with Crippen LogP contribution >= 0.6 is 0 Å². The Morgan fingerprint density at radius 1 is 1.32 bits per heavy atom. The number of benzene rings is 1. The molecule has 25 heavy (non-hydrogen) atoms. The average molecular weight is 339 g/mol. The van der Waals surface area contributed by atoms with Gasteiger partial charge in [0.05, 0.1) is 11.8 Å². The van der Waals surface area contributed by atoms with E-state index in [4.69, 9.17) is 19.7 Å². The Hall–Kier alpha value is -3.25. The predicted molar refractivity (Wildman–Crippen MR) is 84.1 cm³/mol. The summed E-state index contributed by atoms with van der Waals surface area (Å²) in [6.07, 6.45) is 2.24. The summed E-state index contributed by atoms with van der Waals surface area (Å²) in [5.41, 5.74) is 11.8. The molecule has 126 valence electrons. The highest BCUT2D eigenvalue weighted by molar-refractivity contribution is 5.92. The van der Waals surface area contributed by atoms with E-state index in [2.05, 4.69) is 10.0 Å². The number of carbonyl (C=O) groups is 2. The molecule has 1 aliphatic carbocycles. The first-order valence-electron chi connectivity index (χ1n) is 7.70. The first-order chi connectivity index (χ1) is 12.1. The second-order valence-electron chi connectivity index (χ2n) is 6.04. The largest absolute Gasteiger partial charge is 0.458 e. The molecule has 3 atom stereocenters. The number of esters is 2. The first-order valence-corrected chi connectivity index (χ1v) is 7.70. The molecule has 3 aliphatic rings. The van der Waals surface area contributed by atoms with Crippen molar-refractivity contribution < 1.29 is 23.8 Å². The molecule has 0 amide bonds. The van der Waals surface area contributed by atoms with E-state index >= 15 is 0 Å². The summed E-state index contributed by atoms with van der Waals surface area (Å²) in [4.78, 5) is 26.3. The molecule has 0 saturated carbocycles. The molecule has 2 aliphatic heterocycles. The smallest absolute Gasteiger partial charge is 0.338 e. The summed E-state index contributed by atoms with van der Waals surface area (Å²) in [6.45, 7) is 1.63. The van der Waals surface area contributed by atoms with E-state index in [-0.39, 0.29) is 5.92 Å². The molecule has 1 saturated heterocycles. The van der Waals surface area contributed by atoms with Gasteiger partial charge in [-0.25, -0.2) is 9.59 Å². The van der Waals surface area contributed by atoms with Crippen molar-refractivity contribution >= 4 is 17.6 Å². The van der Waals surface area contributed by atoms with Gasteiger partial charge in [-0.15, -0.1) is 0 Å². The van der Waals surface area contributed by atoms with Crippen LogP contribution in [0.5, 0.6) is 0 Å². The van der Waals surface area contributed by atoms with Crippen LogP contribution in [0.3, 0.4) is 0 Å². The summed E-state index contributed by atoms with van der Waals surface area (Å²) in [5, 5.41) is 3.59. The van der Waals surface area contributed by atoms with Crippen LogP contribution in [0.4, 0.5) is 5.69 Å². The Bertz CT molecular complexity index is 898. The number of rotatable bonds is 3. The van der Waals surface area contributed by atoms with Gasteiger partial charge in [-0.1, -0.05) is 17.2 Å². The normalized spacial score (nSPS) is 28.0. The van der Waals surface area contributed by atoms with Gasteiger partial charge < -0.3 is 14.2 Å². The highest BCUT2D eigenvalue weighted by Crippen LogP contribution is 2.48. The van der Waals surface area contributed by atoms with Gasteiger partial charge in [-0.05, 0) is 36.1 Å². The third-order valence-corrected chi connectivity index (χ3v) is 4.53. The Kier molecular flexibility index (Phi) is 3.47. The molecule has 0 radical (unpaired) electrons. The van der Waals surface area contributed by atoms with E-state index < -0.39 is 24.3 Å². The molecule has 8 nitrogen and oxygen atoms in total. The lowest BCUT2D eigenvalue weighted by molar-refractivity contribution is -0.152. The number of cyclic esters (lactones) is 1. The quantitative estimate of drug-likeness (QED) is 0.210. The van der Waals surface area contributed by atoms with Crippen molar-refractivity contribution in [3.05, 3.63) is 63.3 Å². The van der Waals surface area contributed by atoms with E-state index in [1.54, 1.807) is 25.1 Å². The highest BCUT2D eigenvalue weighted by atomic mass is 16.7. The fourth-order valence-corrected chi connectivity index (χ4v) is 3.31. The Balaban J connectivity index is 1.57. The van der Waals surface area contributed by atoms with Crippen LogP contribution in [0.1, 0.15) is 24.2 Å². The zero-order valence-electron chi connectivity index (χ0n) is 13.2. The average Bonchev–Trinajstić information content (AvgIpc) is 3.18. The van der Waals surface area contributed by atoms with Crippen molar-refractivity contribution in [3.63, 3.8) is 0 Å². The van der Waals surface area contributed by atoms with Crippen molar-refractivity contribution in [2.45, 2.75) is 25.7 Å². The second kappa shape index (κ2) is 5.68. The van der Waals surface area contributed by atoms with Crippen molar-refractivity contribution in [3.8, 4) is 0 Å². The Morgan fingerprint density at radius 2 is 2.16 bits per heavy atom. The molecule has 3 unspecified atom stereocenters. The molecular formula is C17H13N3O5. The summed E-state index contributed by atoms with van der Waals surface area (Å²) in [7, 11) is 0.